The maximum absolute atomic E-state index is 12.0. The smallest absolute Gasteiger partial charge is 0.223 e. The van der Waals surface area contributed by atoms with Crippen molar-refractivity contribution in [2.45, 2.75) is 45.6 Å². The van der Waals surface area contributed by atoms with Crippen LogP contribution in [0.1, 0.15) is 37.3 Å². The van der Waals surface area contributed by atoms with E-state index in [0.29, 0.717) is 25.5 Å². The number of rotatable bonds is 7. The van der Waals surface area contributed by atoms with E-state index >= 15 is 0 Å². The lowest BCUT2D eigenvalue weighted by atomic mass is 9.96. The number of ether oxygens (including phenoxy) is 1. The largest absolute Gasteiger partial charge is 0.493 e. The van der Waals surface area contributed by atoms with Gasteiger partial charge in [0.1, 0.15) is 5.75 Å². The van der Waals surface area contributed by atoms with E-state index in [-0.39, 0.29) is 23.9 Å². The predicted octanol–water partition coefficient (Wildman–Crippen LogP) is 2.74. The van der Waals surface area contributed by atoms with E-state index in [4.69, 9.17) is 10.5 Å². The van der Waals surface area contributed by atoms with Crippen molar-refractivity contribution in [1.82, 2.24) is 5.32 Å². The molecular weight excluding hydrogens is 300 g/mol. The van der Waals surface area contributed by atoms with Crippen LogP contribution >= 0.6 is 12.4 Å². The molecule has 1 saturated carbocycles. The summed E-state index contributed by atoms with van der Waals surface area (Å²) < 4.78 is 5.72. The molecule has 1 aromatic carbocycles. The maximum atomic E-state index is 12.0. The predicted molar refractivity (Wildman–Crippen MR) is 91.6 cm³/mol. The Morgan fingerprint density at radius 3 is 2.68 bits per heavy atom. The van der Waals surface area contributed by atoms with E-state index in [1.807, 2.05) is 26.0 Å². The van der Waals surface area contributed by atoms with Gasteiger partial charge in [-0.05, 0) is 56.7 Å². The third-order valence-corrected chi connectivity index (χ3v) is 4.47. The molecule has 0 saturated heterocycles. The van der Waals surface area contributed by atoms with Crippen molar-refractivity contribution < 1.29 is 9.53 Å². The van der Waals surface area contributed by atoms with E-state index in [9.17, 15) is 4.79 Å². The third-order valence-electron chi connectivity index (χ3n) is 4.47. The molecule has 1 atom stereocenters. The molecule has 0 bridgehead atoms. The zero-order chi connectivity index (χ0) is 15.5. The summed E-state index contributed by atoms with van der Waals surface area (Å²) in [6.07, 6.45) is 2.68. The summed E-state index contributed by atoms with van der Waals surface area (Å²) >= 11 is 0. The van der Waals surface area contributed by atoms with E-state index in [0.717, 1.165) is 24.2 Å². The average Bonchev–Trinajstić information content (AvgIpc) is 3.28. The number of amides is 1. The van der Waals surface area contributed by atoms with Crippen LogP contribution in [-0.2, 0) is 4.79 Å². The highest BCUT2D eigenvalue weighted by atomic mass is 35.5. The molecule has 3 N–H and O–H groups in total. The van der Waals surface area contributed by atoms with Gasteiger partial charge in [-0.15, -0.1) is 12.4 Å². The number of carbonyl (C=O) groups is 1. The van der Waals surface area contributed by atoms with Gasteiger partial charge >= 0.3 is 0 Å². The Bertz CT molecular complexity index is 517. The van der Waals surface area contributed by atoms with Crippen LogP contribution in [0.25, 0.3) is 0 Å². The van der Waals surface area contributed by atoms with E-state index in [1.54, 1.807) is 0 Å². The standard InChI is InChI=1S/C17H26N2O2.ClH/c1-12-5-4-6-15(13(12)2)21-10-9-16(20)19-17(3,11-18)14-7-8-14;/h4-6,14H,7-11,18H2,1-3H3,(H,19,20);1H. The van der Waals surface area contributed by atoms with E-state index in [1.165, 1.54) is 5.56 Å². The molecule has 0 spiro atoms. The van der Waals surface area contributed by atoms with E-state index in [2.05, 4.69) is 18.3 Å². The highest BCUT2D eigenvalue weighted by molar-refractivity contribution is 5.85. The van der Waals surface area contributed by atoms with Crippen LogP contribution in [0, 0.1) is 19.8 Å². The fraction of sp³-hybridized carbons (Fsp3) is 0.588. The zero-order valence-electron chi connectivity index (χ0n) is 13.6. The average molecular weight is 327 g/mol. The number of halogens is 1. The fourth-order valence-electron chi connectivity index (χ4n) is 2.56. The molecule has 1 aliphatic carbocycles. The third kappa shape index (κ3) is 4.62. The number of benzene rings is 1. The maximum Gasteiger partial charge on any atom is 0.223 e. The van der Waals surface area contributed by atoms with Gasteiger partial charge in [0.15, 0.2) is 0 Å². The minimum atomic E-state index is -0.254. The molecule has 0 aromatic heterocycles. The normalized spacial score (nSPS) is 16.4. The molecule has 4 nitrogen and oxygen atoms in total. The van der Waals surface area contributed by atoms with Gasteiger partial charge in [0.2, 0.25) is 5.91 Å². The van der Waals surface area contributed by atoms with Crippen LogP contribution in [0.5, 0.6) is 5.75 Å². The number of nitrogens with one attached hydrogen (secondary N) is 1. The summed E-state index contributed by atoms with van der Waals surface area (Å²) in [5.74, 6) is 1.40. The lowest BCUT2D eigenvalue weighted by Gasteiger charge is -2.29. The summed E-state index contributed by atoms with van der Waals surface area (Å²) in [6.45, 7) is 7.00. The van der Waals surface area contributed by atoms with Gasteiger partial charge in [-0.25, -0.2) is 0 Å². The minimum Gasteiger partial charge on any atom is -0.493 e. The summed E-state index contributed by atoms with van der Waals surface area (Å²) in [5, 5.41) is 3.07. The second-order valence-electron chi connectivity index (χ2n) is 6.24. The summed E-state index contributed by atoms with van der Waals surface area (Å²) in [4.78, 5) is 12.0. The second-order valence-corrected chi connectivity index (χ2v) is 6.24. The Labute approximate surface area is 139 Å². The van der Waals surface area contributed by atoms with Crippen LogP contribution in [0.3, 0.4) is 0 Å². The first-order valence-corrected chi connectivity index (χ1v) is 7.66. The molecule has 1 amide bonds. The highest BCUT2D eigenvalue weighted by Gasteiger charge is 2.41. The van der Waals surface area contributed by atoms with E-state index < -0.39 is 0 Å². The second kappa shape index (κ2) is 7.84. The van der Waals surface area contributed by atoms with Crippen molar-refractivity contribution in [3.05, 3.63) is 29.3 Å². The number of nitrogens with two attached hydrogens (primary N) is 1. The van der Waals surface area contributed by atoms with Crippen LogP contribution < -0.4 is 15.8 Å². The molecule has 1 unspecified atom stereocenters. The number of hydrogen-bond donors (Lipinski definition) is 2. The first kappa shape index (κ1) is 18.8. The monoisotopic (exact) mass is 326 g/mol. The molecule has 124 valence electrons. The summed E-state index contributed by atoms with van der Waals surface area (Å²) in [6, 6.07) is 5.96. The molecule has 1 aliphatic rings. The molecule has 22 heavy (non-hydrogen) atoms. The molecular formula is C17H27ClN2O2. The van der Waals surface area contributed by atoms with Crippen molar-refractivity contribution in [1.29, 1.82) is 0 Å². The lowest BCUT2D eigenvalue weighted by molar-refractivity contribution is -0.123. The zero-order valence-corrected chi connectivity index (χ0v) is 14.5. The van der Waals surface area contributed by atoms with Gasteiger partial charge in [0.05, 0.1) is 18.6 Å². The SMILES string of the molecule is Cc1cccc(OCCC(=O)NC(C)(CN)C2CC2)c1C.Cl. The number of carbonyl (C=O) groups excluding carboxylic acids is 1. The molecule has 2 rings (SSSR count). The molecule has 0 aliphatic heterocycles. The topological polar surface area (TPSA) is 64.3 Å². The van der Waals surface area contributed by atoms with Gasteiger partial charge in [-0.1, -0.05) is 12.1 Å². The van der Waals surface area contributed by atoms with Gasteiger partial charge in [-0.3, -0.25) is 4.79 Å². The summed E-state index contributed by atoms with van der Waals surface area (Å²) in [7, 11) is 0. The fourth-order valence-corrected chi connectivity index (χ4v) is 2.56. The van der Waals surface area contributed by atoms with Crippen molar-refractivity contribution in [3.8, 4) is 5.75 Å². The Morgan fingerprint density at radius 1 is 1.41 bits per heavy atom. The Morgan fingerprint density at radius 2 is 2.09 bits per heavy atom. The first-order chi connectivity index (χ1) is 9.96. The van der Waals surface area contributed by atoms with Crippen molar-refractivity contribution in [3.63, 3.8) is 0 Å². The number of aryl methyl sites for hydroxylation is 1. The molecule has 0 heterocycles. The van der Waals surface area contributed by atoms with Crippen LogP contribution in [0.2, 0.25) is 0 Å². The van der Waals surface area contributed by atoms with Gasteiger partial charge < -0.3 is 15.8 Å². The summed E-state index contributed by atoms with van der Waals surface area (Å²) in [5.41, 5.74) is 7.88. The quantitative estimate of drug-likeness (QED) is 0.809. The lowest BCUT2D eigenvalue weighted by Crippen LogP contribution is -2.53. The minimum absolute atomic E-state index is 0. The Balaban J connectivity index is 0.00000242. The van der Waals surface area contributed by atoms with Crippen LogP contribution in [0.15, 0.2) is 18.2 Å². The van der Waals surface area contributed by atoms with Crippen LogP contribution in [0.4, 0.5) is 0 Å². The number of hydrogen-bond acceptors (Lipinski definition) is 3. The Kier molecular flexibility index (Phi) is 6.69. The van der Waals surface area contributed by atoms with Crippen molar-refractivity contribution >= 4 is 18.3 Å². The van der Waals surface area contributed by atoms with Gasteiger partial charge in [-0.2, -0.15) is 0 Å². The van der Waals surface area contributed by atoms with Crippen molar-refractivity contribution in [2.24, 2.45) is 11.7 Å². The van der Waals surface area contributed by atoms with Gasteiger partial charge in [0.25, 0.3) is 0 Å². The molecule has 0 radical (unpaired) electrons. The van der Waals surface area contributed by atoms with Crippen molar-refractivity contribution in [2.75, 3.05) is 13.2 Å². The van der Waals surface area contributed by atoms with Gasteiger partial charge in [0, 0.05) is 6.54 Å². The Hall–Kier alpha value is -1.26. The molecule has 1 fully saturated rings. The highest BCUT2D eigenvalue weighted by Crippen LogP contribution is 2.38. The van der Waals surface area contributed by atoms with Crippen LogP contribution in [-0.4, -0.2) is 24.6 Å². The molecule has 5 heteroatoms. The molecule has 1 aromatic rings. The first-order valence-electron chi connectivity index (χ1n) is 7.66.